The van der Waals surface area contributed by atoms with Gasteiger partial charge >= 0.3 is 0 Å². The Morgan fingerprint density at radius 1 is 1.11 bits per heavy atom. The zero-order valence-corrected chi connectivity index (χ0v) is 15.8. The monoisotopic (exact) mass is 419 g/mol. The summed E-state index contributed by atoms with van der Waals surface area (Å²) in [6, 6.07) is 14.8. The molecule has 0 amide bonds. The maximum atomic E-state index is 12.6. The van der Waals surface area contributed by atoms with E-state index in [1.165, 1.54) is 23.5 Å². The molecule has 1 aromatic heterocycles. The van der Waals surface area contributed by atoms with E-state index in [0.717, 1.165) is 21.5 Å². The second-order valence-corrected chi connectivity index (χ2v) is 8.75. The van der Waals surface area contributed by atoms with Crippen LogP contribution in [-0.4, -0.2) is 18.3 Å². The predicted molar refractivity (Wildman–Crippen MR) is 106 cm³/mol. The average molecular weight is 420 g/mol. The second kappa shape index (κ2) is 6.45. The first kappa shape index (κ1) is 17.7. The molecule has 0 aliphatic heterocycles. The smallest absolute Gasteiger partial charge is 0.258 e. The molecule has 0 aliphatic carbocycles. The second-order valence-electron chi connectivity index (χ2n) is 5.63. The highest BCUT2D eigenvalue weighted by molar-refractivity contribution is 7.93. The van der Waals surface area contributed by atoms with Gasteiger partial charge in [-0.1, -0.05) is 53.3 Å². The van der Waals surface area contributed by atoms with Gasteiger partial charge in [0, 0.05) is 11.5 Å². The van der Waals surface area contributed by atoms with E-state index < -0.39 is 20.6 Å². The lowest BCUT2D eigenvalue weighted by molar-refractivity contribution is -0.384. The highest BCUT2D eigenvalue weighted by atomic mass is 35.5. The van der Waals surface area contributed by atoms with E-state index >= 15 is 0 Å². The minimum atomic E-state index is -4.05. The lowest BCUT2D eigenvalue weighted by atomic mass is 10.1. The van der Waals surface area contributed by atoms with Gasteiger partial charge in [-0.15, -0.1) is 0 Å². The third-order valence-electron chi connectivity index (χ3n) is 3.93. The number of nitro groups is 1. The van der Waals surface area contributed by atoms with Gasteiger partial charge in [-0.05, 0) is 23.6 Å². The van der Waals surface area contributed by atoms with E-state index in [2.05, 4.69) is 9.71 Å². The van der Waals surface area contributed by atoms with Crippen LogP contribution in [0.1, 0.15) is 0 Å². The largest absolute Gasteiger partial charge is 0.289 e. The number of hydrogen-bond acceptors (Lipinski definition) is 6. The van der Waals surface area contributed by atoms with E-state index in [0.29, 0.717) is 5.52 Å². The van der Waals surface area contributed by atoms with Gasteiger partial charge in [-0.3, -0.25) is 14.8 Å². The summed E-state index contributed by atoms with van der Waals surface area (Å²) in [5, 5.41) is 13.0. The van der Waals surface area contributed by atoms with Crippen molar-refractivity contribution in [2.24, 2.45) is 0 Å². The molecule has 136 valence electrons. The summed E-state index contributed by atoms with van der Waals surface area (Å²) in [6.07, 6.45) is 0. The Morgan fingerprint density at radius 2 is 1.89 bits per heavy atom. The summed E-state index contributed by atoms with van der Waals surface area (Å²) in [6.45, 7) is 0. The Hall–Kier alpha value is -2.75. The number of sulfonamides is 1. The summed E-state index contributed by atoms with van der Waals surface area (Å²) in [5.41, 5.74) is 0.215. The van der Waals surface area contributed by atoms with Gasteiger partial charge in [-0.25, -0.2) is 13.4 Å². The molecule has 0 bridgehead atoms. The Labute approximate surface area is 162 Å². The van der Waals surface area contributed by atoms with Gasteiger partial charge in [0.15, 0.2) is 5.13 Å². The zero-order valence-electron chi connectivity index (χ0n) is 13.4. The van der Waals surface area contributed by atoms with Crippen LogP contribution in [0.4, 0.5) is 10.8 Å². The number of rotatable bonds is 4. The Balaban J connectivity index is 1.76. The van der Waals surface area contributed by atoms with Gasteiger partial charge in [0.1, 0.15) is 5.02 Å². The molecule has 0 spiro atoms. The van der Waals surface area contributed by atoms with Crippen LogP contribution in [0.25, 0.3) is 21.0 Å². The van der Waals surface area contributed by atoms with Crippen LogP contribution in [-0.2, 0) is 10.0 Å². The van der Waals surface area contributed by atoms with Crippen molar-refractivity contribution < 1.29 is 13.3 Å². The lowest BCUT2D eigenvalue weighted by Gasteiger charge is -2.05. The molecule has 0 saturated heterocycles. The number of halogens is 1. The fourth-order valence-corrected chi connectivity index (χ4v) is 5.00. The van der Waals surface area contributed by atoms with Gasteiger partial charge in [0.05, 0.1) is 20.0 Å². The van der Waals surface area contributed by atoms with Crippen molar-refractivity contribution in [3.05, 3.63) is 69.7 Å². The van der Waals surface area contributed by atoms with Gasteiger partial charge < -0.3 is 0 Å². The molecule has 4 rings (SSSR count). The summed E-state index contributed by atoms with van der Waals surface area (Å²) in [7, 11) is -4.05. The molecular formula is C17H10ClN3O4S2. The molecule has 27 heavy (non-hydrogen) atoms. The summed E-state index contributed by atoms with van der Waals surface area (Å²) in [5.74, 6) is 0. The highest BCUT2D eigenvalue weighted by Crippen LogP contribution is 2.33. The molecule has 7 nitrogen and oxygen atoms in total. The topological polar surface area (TPSA) is 102 Å². The van der Waals surface area contributed by atoms with Crippen molar-refractivity contribution in [2.45, 2.75) is 4.90 Å². The Kier molecular flexibility index (Phi) is 4.22. The van der Waals surface area contributed by atoms with E-state index in [1.54, 1.807) is 0 Å². The Morgan fingerprint density at radius 3 is 2.67 bits per heavy atom. The van der Waals surface area contributed by atoms with E-state index in [4.69, 9.17) is 11.6 Å². The Bertz CT molecular complexity index is 1320. The number of aromatic nitrogens is 1. The fourth-order valence-electron chi connectivity index (χ4n) is 2.68. The van der Waals surface area contributed by atoms with Crippen LogP contribution in [0.5, 0.6) is 0 Å². The first-order valence-corrected chi connectivity index (χ1v) is 10.3. The summed E-state index contributed by atoms with van der Waals surface area (Å²) in [4.78, 5) is 14.4. The number of anilines is 1. The van der Waals surface area contributed by atoms with Crippen LogP contribution in [0.2, 0.25) is 5.02 Å². The van der Waals surface area contributed by atoms with Crippen molar-refractivity contribution in [3.8, 4) is 0 Å². The van der Waals surface area contributed by atoms with Crippen molar-refractivity contribution in [3.63, 3.8) is 0 Å². The highest BCUT2D eigenvalue weighted by Gasteiger charge is 2.22. The van der Waals surface area contributed by atoms with Gasteiger partial charge in [0.2, 0.25) is 0 Å². The summed E-state index contributed by atoms with van der Waals surface area (Å²) < 4.78 is 28.5. The quantitative estimate of drug-likeness (QED) is 0.377. The standard InChI is InChI=1S/C17H10ClN3O4S2/c18-13-7-6-11(9-14(13)21(22)23)27(24,25)20-17-19-16-12-4-2-1-3-10(12)5-8-15(16)26-17/h1-9H,(H,19,20). The van der Waals surface area contributed by atoms with Crippen LogP contribution < -0.4 is 4.72 Å². The van der Waals surface area contributed by atoms with Crippen LogP contribution >= 0.6 is 22.9 Å². The van der Waals surface area contributed by atoms with Crippen LogP contribution in [0.3, 0.4) is 0 Å². The van der Waals surface area contributed by atoms with Crippen LogP contribution in [0.15, 0.2) is 59.5 Å². The number of nitrogens with one attached hydrogen (secondary N) is 1. The normalized spacial score (nSPS) is 11.7. The summed E-state index contributed by atoms with van der Waals surface area (Å²) >= 11 is 6.93. The van der Waals surface area contributed by atoms with Crippen LogP contribution in [0, 0.1) is 10.1 Å². The maximum Gasteiger partial charge on any atom is 0.289 e. The number of hydrogen-bond donors (Lipinski definition) is 1. The minimum absolute atomic E-state index is 0.134. The number of fused-ring (bicyclic) bond motifs is 3. The zero-order chi connectivity index (χ0) is 19.2. The molecular weight excluding hydrogens is 410 g/mol. The molecule has 4 aromatic rings. The molecule has 0 fully saturated rings. The fraction of sp³-hybridized carbons (Fsp3) is 0. The lowest BCUT2D eigenvalue weighted by Crippen LogP contribution is -2.13. The molecule has 3 aromatic carbocycles. The molecule has 0 saturated carbocycles. The first-order chi connectivity index (χ1) is 12.8. The van der Waals surface area contributed by atoms with Crippen molar-refractivity contribution >= 4 is 64.8 Å². The molecule has 0 unspecified atom stereocenters. The molecule has 0 aliphatic rings. The third kappa shape index (κ3) is 3.20. The van der Waals surface area contributed by atoms with E-state index in [1.807, 2.05) is 36.4 Å². The number of nitrogens with zero attached hydrogens (tertiary/aromatic N) is 2. The third-order valence-corrected chi connectivity index (χ3v) is 6.65. The molecule has 0 radical (unpaired) electrons. The average Bonchev–Trinajstić information content (AvgIpc) is 3.03. The van der Waals surface area contributed by atoms with Crippen molar-refractivity contribution in [1.82, 2.24) is 4.98 Å². The van der Waals surface area contributed by atoms with Crippen molar-refractivity contribution in [2.75, 3.05) is 4.72 Å². The molecule has 1 N–H and O–H groups in total. The SMILES string of the molecule is O=[N+]([O-])c1cc(S(=O)(=O)Nc2nc3c(ccc4ccccc43)s2)ccc1Cl. The molecule has 1 heterocycles. The van der Waals surface area contributed by atoms with Crippen molar-refractivity contribution in [1.29, 1.82) is 0 Å². The predicted octanol–water partition coefficient (Wildman–Crippen LogP) is 4.81. The number of thiazole rings is 1. The van der Waals surface area contributed by atoms with Gasteiger partial charge in [-0.2, -0.15) is 0 Å². The number of nitro benzene ring substituents is 1. The minimum Gasteiger partial charge on any atom is -0.258 e. The van der Waals surface area contributed by atoms with Gasteiger partial charge in [0.25, 0.3) is 15.7 Å². The number of benzene rings is 3. The first-order valence-electron chi connectivity index (χ1n) is 7.60. The van der Waals surface area contributed by atoms with E-state index in [9.17, 15) is 18.5 Å². The molecule has 0 atom stereocenters. The maximum absolute atomic E-state index is 12.6. The van der Waals surface area contributed by atoms with E-state index in [-0.39, 0.29) is 15.0 Å². The molecule has 10 heteroatoms.